The summed E-state index contributed by atoms with van der Waals surface area (Å²) in [5.41, 5.74) is 27.2. The summed E-state index contributed by atoms with van der Waals surface area (Å²) in [5.74, 6) is -0.410. The first-order valence-corrected chi connectivity index (χ1v) is 56.8. The summed E-state index contributed by atoms with van der Waals surface area (Å²) in [6.45, 7) is -24.6. The molecule has 8 aromatic heterocycles. The number of nitrogens with one attached hydrogen (secondary N) is 1. The monoisotopic (exact) mass is 2220 g/mol. The van der Waals surface area contributed by atoms with Crippen molar-refractivity contribution in [1.82, 2.24) is 77.2 Å². The number of aryl methyl sites for hydroxylation is 4. The Bertz CT molecular complexity index is 6370. The van der Waals surface area contributed by atoms with Crippen LogP contribution in [0, 0.1) is 27.7 Å². The van der Waals surface area contributed by atoms with E-state index in [4.69, 9.17) is 209 Å². The predicted molar refractivity (Wildman–Crippen MR) is 507 cm³/mol. The summed E-state index contributed by atoms with van der Waals surface area (Å²) in [7, 11) is 6.78. The average Bonchev–Trinajstić information content (AvgIpc) is 1.61. The molecule has 8 aromatic rings. The molecular formula is C76H107N21O37P5S5-5. The van der Waals surface area contributed by atoms with Gasteiger partial charge in [0.25, 0.3) is 5.56 Å². The second-order valence-corrected chi connectivity index (χ2v) is 46.5. The highest BCUT2D eigenvalue weighted by Gasteiger charge is 2.56. The zero-order chi connectivity index (χ0) is 104. The number of hydrogen-bond acceptors (Lipinski definition) is 56. The van der Waals surface area contributed by atoms with Crippen LogP contribution in [-0.4, -0.2) is 321 Å². The van der Waals surface area contributed by atoms with Gasteiger partial charge in [0.05, 0.1) is 124 Å². The minimum Gasteiger partial charge on any atom is -0.780 e. The van der Waals surface area contributed by atoms with Crippen molar-refractivity contribution in [2.45, 2.75) is 189 Å². The van der Waals surface area contributed by atoms with Gasteiger partial charge in [-0.1, -0.05) is 54.2 Å². The predicted octanol–water partition coefficient (Wildman–Crippen LogP) is -3.16. The molecule has 798 valence electrons. The quantitative estimate of drug-likeness (QED) is 0.0112. The maximum Gasteiger partial charge on any atom is 0.351 e. The van der Waals surface area contributed by atoms with Crippen molar-refractivity contribution >= 4 is 145 Å². The van der Waals surface area contributed by atoms with Crippen LogP contribution in [0.1, 0.15) is 79.4 Å². The number of nitrogen functional groups attached to an aromatic ring is 5. The molecule has 0 saturated carbocycles. The molecule has 0 amide bonds. The number of nitrogens with two attached hydrogens (primary N) is 5. The number of imidazole rings is 2. The van der Waals surface area contributed by atoms with Crippen LogP contribution < -0.4 is 76.6 Å². The number of aliphatic hydroxyl groups is 1. The van der Waals surface area contributed by atoms with Crippen molar-refractivity contribution in [3.63, 3.8) is 0 Å². The lowest BCUT2D eigenvalue weighted by atomic mass is 10.1. The number of aromatic nitrogens is 16. The van der Waals surface area contributed by atoms with E-state index in [-0.39, 0.29) is 129 Å². The van der Waals surface area contributed by atoms with Crippen molar-refractivity contribution in [3.05, 3.63) is 125 Å². The molecule has 68 heteroatoms. The van der Waals surface area contributed by atoms with Gasteiger partial charge < -0.3 is 187 Å². The molecule has 6 aliphatic rings. The largest absolute Gasteiger partial charge is 0.780 e. The summed E-state index contributed by atoms with van der Waals surface area (Å²) in [6.07, 6.45) is -25.4. The fourth-order valence-electron chi connectivity index (χ4n) is 16.4. The Hall–Kier alpha value is -6.64. The van der Waals surface area contributed by atoms with Crippen LogP contribution in [0.4, 0.5) is 29.1 Å². The number of H-pyrrole nitrogens is 1. The van der Waals surface area contributed by atoms with Crippen molar-refractivity contribution in [1.29, 1.82) is 0 Å². The molecule has 11 unspecified atom stereocenters. The van der Waals surface area contributed by atoms with Crippen LogP contribution in [0.15, 0.2) is 74.1 Å². The van der Waals surface area contributed by atoms with Gasteiger partial charge in [0.1, 0.15) is 166 Å². The summed E-state index contributed by atoms with van der Waals surface area (Å²) < 4.78 is 180. The Morgan fingerprint density at radius 3 is 1.13 bits per heavy atom. The highest BCUT2D eigenvalue weighted by molar-refractivity contribution is 8.32. The second kappa shape index (κ2) is 49.2. The Labute approximate surface area is 843 Å². The summed E-state index contributed by atoms with van der Waals surface area (Å²) in [5, 5.41) is 11.8. The molecule has 6 saturated heterocycles. The van der Waals surface area contributed by atoms with Crippen molar-refractivity contribution in [2.24, 2.45) is 0 Å². The van der Waals surface area contributed by atoms with Crippen LogP contribution in [0.2, 0.25) is 0 Å². The maximum absolute atomic E-state index is 15.7. The standard InChI is InChI=1S/C76H112N21O37P5S5/c1-11-40-41(22-47(124-40)96-34-86-48-63(80)82-32-84-65(48)96)130-135(104,140)120-28-46-54(59(118-21-16-113-10)72(129-46)97-35-87-49-64(81)83-33-85-66(49)97)134-139(108,144)123-31-45-53(58(117-20-15-112-9)71(128-45)95-26-39(5)67(99)91-76(95)103)133-138(107,143)122-30-44-52(57(116-19-14-111-8)70(127-44)94-25-38(4)62(79)90-75(94)102)132-137(106,142)121-29-43-51(56(115-18-13-110-7)69(126-43)93-24-37(3)61(78)89-74(93)101)131-136(105,141)119-27-42-50(98)55(114-17-12-109-6)68(125-42)92-23-36(2)60(77)88-73(92)100/h23-26,32-35,40-47,50-59,68-72,98H,11-22,27-31H2,1-10H3,(H,104,140)(H,105,141)(H,106,142)(H,107,143)(H,108,144)(H2,77,88,100)(H2,78,89,101)(H2,79,90,102)(H2,80,82,84)(H2,81,83,85)(H,91,99,103)/p-5/t40-,41?,42-,43-,44-,45-,46-,47-,50?,51?,52?,53?,54?,55+,56+,57+,58+,59+,68-,69-,70-,71-,72-,135?,136?,137?,138?,139?/m1/s1. The fourth-order valence-corrected chi connectivity index (χ4v) is 23.5. The van der Waals surface area contributed by atoms with E-state index >= 15 is 14.4 Å². The molecule has 58 nitrogen and oxygen atoms in total. The Morgan fingerprint density at radius 2 is 0.736 bits per heavy atom. The lowest BCUT2D eigenvalue weighted by molar-refractivity contribution is -0.223. The van der Waals surface area contributed by atoms with Crippen LogP contribution in [0.25, 0.3) is 22.3 Å². The number of aliphatic hydroxyl groups excluding tert-OH is 1. The Balaban J connectivity index is 0.751. The van der Waals surface area contributed by atoms with E-state index in [2.05, 4.69) is 49.8 Å². The molecule has 0 aliphatic carbocycles. The second-order valence-electron chi connectivity index (χ2n) is 33.0. The topological polar surface area (TPSA) is 746 Å². The molecule has 14 heterocycles. The van der Waals surface area contributed by atoms with Gasteiger partial charge in [-0.2, -0.15) is 15.0 Å². The molecule has 6 fully saturated rings. The van der Waals surface area contributed by atoms with Gasteiger partial charge in [0.15, 0.2) is 60.9 Å². The molecule has 28 atom stereocenters. The minimum absolute atomic E-state index is 0.0311. The van der Waals surface area contributed by atoms with E-state index in [0.29, 0.717) is 23.1 Å². The van der Waals surface area contributed by atoms with Crippen LogP contribution in [0.5, 0.6) is 0 Å². The molecule has 0 bridgehead atoms. The highest BCUT2D eigenvalue weighted by atomic mass is 32.7. The fraction of sp³-hybridized carbons (Fsp3) is 0.658. The normalized spacial score (nSPS) is 29.3. The van der Waals surface area contributed by atoms with Crippen molar-refractivity contribution in [2.75, 3.05) is 163 Å². The number of ether oxygens (including phenoxy) is 16. The van der Waals surface area contributed by atoms with Gasteiger partial charge in [-0.25, -0.2) is 49.1 Å². The first-order chi connectivity index (χ1) is 68.5. The molecule has 0 aromatic carbocycles. The molecule has 0 radical (unpaired) electrons. The van der Waals surface area contributed by atoms with Gasteiger partial charge in [0, 0.05) is 89.0 Å². The van der Waals surface area contributed by atoms with Crippen LogP contribution in [0.3, 0.4) is 0 Å². The first-order valence-electron chi connectivity index (χ1n) is 44.1. The lowest BCUT2D eigenvalue weighted by Gasteiger charge is -2.38. The lowest BCUT2D eigenvalue weighted by Crippen LogP contribution is -2.43. The number of anilines is 5. The number of aromatic amines is 1. The smallest absolute Gasteiger partial charge is 0.351 e. The van der Waals surface area contributed by atoms with Crippen LogP contribution >= 0.6 is 33.7 Å². The zero-order valence-corrected chi connectivity index (χ0v) is 87.0. The highest BCUT2D eigenvalue weighted by Crippen LogP contribution is 2.57. The third-order valence-electron chi connectivity index (χ3n) is 23.4. The molecule has 12 N–H and O–H groups in total. The number of rotatable bonds is 52. The summed E-state index contributed by atoms with van der Waals surface area (Å²) >= 11 is 28.3. The molecule has 144 heavy (non-hydrogen) atoms. The van der Waals surface area contributed by atoms with Gasteiger partial charge >= 0.3 is 22.8 Å². The van der Waals surface area contributed by atoms with Crippen molar-refractivity contribution in [3.8, 4) is 0 Å². The van der Waals surface area contributed by atoms with Gasteiger partial charge in [-0.05, 0) is 34.1 Å². The van der Waals surface area contributed by atoms with Gasteiger partial charge in [-0.3, -0.25) is 41.7 Å². The first kappa shape index (κ1) is 113. The summed E-state index contributed by atoms with van der Waals surface area (Å²) in [6, 6.07) is 0. The van der Waals surface area contributed by atoms with E-state index in [1.807, 2.05) is 0 Å². The molecule has 6 aliphatic heterocycles. The van der Waals surface area contributed by atoms with E-state index in [9.17, 15) is 38.9 Å². The number of methoxy groups -OCH3 is 5. The van der Waals surface area contributed by atoms with E-state index < -0.39 is 236 Å². The minimum atomic E-state index is -5.35. The average molecular weight is 2220 g/mol. The number of hydrogen-bond donors (Lipinski definition) is 7. The number of fused-ring (bicyclic) bond motifs is 2. The third kappa shape index (κ3) is 26.9. The third-order valence-corrected chi connectivity index (χ3v) is 31.1. The Kier molecular flexibility index (Phi) is 38.6. The SMILES string of the molecule is CC[C@H]1O[C@@H](n2cnc3c(N)ncnc32)CC1OP([O-])(=S)OC[C@H]1O[C@@H](n2cnc3c(N)ncnc32)[C@@H](OCCOC)C1OP(=O)([S-])OC[C@H]1O[C@@H](n2cc(C)c(=O)[nH]c2=O)[C@@H](OCCOC)C1OP([O-])(=S)OC[C@H]1O[C@@H](n2cc(C)c(N)nc2=O)[C@@H](OCCOC)C1OP([O-])(=S)OC[C@H]1O[C@@H](n2cc(C)c(N)nc2=O)[C@@H](OCCOC)C1OP([O-])(=S)OC[C@H]1O[C@@H](n2cc(C)c(N)nc2=O)[C@@H](OCCOC)C1O. The van der Waals surface area contributed by atoms with E-state index in [0.717, 1.165) is 30.8 Å². The molecular weight excluding hydrogens is 2110 g/mol. The van der Waals surface area contributed by atoms with Crippen molar-refractivity contribution < 1.29 is 150 Å². The van der Waals surface area contributed by atoms with Crippen LogP contribution in [-0.2, 0) is 185 Å². The van der Waals surface area contributed by atoms with Gasteiger partial charge in [0.2, 0.25) is 0 Å². The van der Waals surface area contributed by atoms with E-state index in [1.165, 1.54) is 98.5 Å². The van der Waals surface area contributed by atoms with Gasteiger partial charge in [-0.15, -0.1) is 0 Å². The summed E-state index contributed by atoms with van der Waals surface area (Å²) in [4.78, 5) is 169. The van der Waals surface area contributed by atoms with E-state index in [1.54, 1.807) is 18.4 Å². The number of nitrogens with zero attached hydrogens (tertiary/aromatic N) is 15. The molecule has 0 spiro atoms. The zero-order valence-electron chi connectivity index (χ0n) is 78.4. The Morgan fingerprint density at radius 1 is 0.410 bits per heavy atom. The molecule has 14 rings (SSSR count). The maximum atomic E-state index is 15.7.